The van der Waals surface area contributed by atoms with E-state index in [1.807, 2.05) is 6.92 Å². The Balaban J connectivity index is 2.44. The Hall–Kier alpha value is -1.43. The Kier molecular flexibility index (Phi) is 5.68. The lowest BCUT2D eigenvalue weighted by molar-refractivity contribution is -0.155. The number of anilines is 1. The number of amides is 1. The Bertz CT molecular complexity index is 510. The van der Waals surface area contributed by atoms with Crippen molar-refractivity contribution in [1.82, 2.24) is 4.98 Å². The fourth-order valence-electron chi connectivity index (χ4n) is 1.42. The number of pyridine rings is 1. The Morgan fingerprint density at radius 1 is 1.35 bits per heavy atom. The first kappa shape index (κ1) is 16.6. The molecule has 0 spiro atoms. The molecule has 0 aliphatic rings. The number of halogens is 1. The molecule has 0 atom stereocenters. The molecule has 0 saturated heterocycles. The van der Waals surface area contributed by atoms with Crippen molar-refractivity contribution in [2.24, 2.45) is 0 Å². The smallest absolute Gasteiger partial charge is 0.306 e. The number of esters is 1. The van der Waals surface area contributed by atoms with Crippen LogP contribution in [0.2, 0.25) is 0 Å². The number of ether oxygens (including phenoxy) is 1. The van der Waals surface area contributed by atoms with E-state index in [0.29, 0.717) is 5.82 Å². The van der Waals surface area contributed by atoms with Gasteiger partial charge in [-0.15, -0.1) is 0 Å². The van der Waals surface area contributed by atoms with Gasteiger partial charge in [-0.25, -0.2) is 4.98 Å². The minimum Gasteiger partial charge on any atom is -0.460 e. The molecule has 1 rings (SSSR count). The van der Waals surface area contributed by atoms with Gasteiger partial charge in [-0.05, 0) is 55.3 Å². The van der Waals surface area contributed by atoms with Crippen LogP contribution in [0, 0.1) is 6.92 Å². The number of rotatable bonds is 4. The van der Waals surface area contributed by atoms with Crippen LogP contribution in [0.3, 0.4) is 0 Å². The maximum Gasteiger partial charge on any atom is 0.306 e. The van der Waals surface area contributed by atoms with Gasteiger partial charge < -0.3 is 10.1 Å². The SMILES string of the molecule is Cc1cc(NC(=O)CCC(=O)OC(C)(C)C)ncc1Br. The molecule has 20 heavy (non-hydrogen) atoms. The molecule has 0 fully saturated rings. The minimum atomic E-state index is -0.530. The van der Waals surface area contributed by atoms with E-state index in [1.165, 1.54) is 0 Å². The Labute approximate surface area is 127 Å². The minimum absolute atomic E-state index is 0.0542. The highest BCUT2D eigenvalue weighted by Gasteiger charge is 2.17. The lowest BCUT2D eigenvalue weighted by atomic mass is 10.2. The molecule has 0 unspecified atom stereocenters. The predicted molar refractivity (Wildman–Crippen MR) is 80.4 cm³/mol. The zero-order valence-electron chi connectivity index (χ0n) is 12.1. The number of carbonyl (C=O) groups is 2. The third kappa shape index (κ3) is 6.14. The van der Waals surface area contributed by atoms with Crippen molar-refractivity contribution < 1.29 is 14.3 Å². The maximum atomic E-state index is 11.7. The standard InChI is InChI=1S/C14H19BrN2O3/c1-9-7-11(16-8-10(9)15)17-12(18)5-6-13(19)20-14(2,3)4/h7-8H,5-6H2,1-4H3,(H,16,17,18). The lowest BCUT2D eigenvalue weighted by Crippen LogP contribution is -2.24. The molecular weight excluding hydrogens is 324 g/mol. The number of nitrogens with one attached hydrogen (secondary N) is 1. The van der Waals surface area contributed by atoms with Gasteiger partial charge in [0.25, 0.3) is 0 Å². The van der Waals surface area contributed by atoms with Crippen LogP contribution < -0.4 is 5.32 Å². The zero-order valence-corrected chi connectivity index (χ0v) is 13.7. The van der Waals surface area contributed by atoms with E-state index < -0.39 is 5.60 Å². The highest BCUT2D eigenvalue weighted by molar-refractivity contribution is 9.10. The van der Waals surface area contributed by atoms with E-state index in [2.05, 4.69) is 26.2 Å². The molecule has 5 nitrogen and oxygen atoms in total. The summed E-state index contributed by atoms with van der Waals surface area (Å²) >= 11 is 3.34. The fraction of sp³-hybridized carbons (Fsp3) is 0.500. The summed E-state index contributed by atoms with van der Waals surface area (Å²) < 4.78 is 6.01. The van der Waals surface area contributed by atoms with E-state index in [4.69, 9.17) is 4.74 Å². The summed E-state index contributed by atoms with van der Waals surface area (Å²) in [6.45, 7) is 7.28. The second-order valence-electron chi connectivity index (χ2n) is 5.45. The Morgan fingerprint density at radius 3 is 2.55 bits per heavy atom. The van der Waals surface area contributed by atoms with Gasteiger partial charge in [0, 0.05) is 17.1 Å². The van der Waals surface area contributed by atoms with Crippen LogP contribution in [-0.4, -0.2) is 22.5 Å². The van der Waals surface area contributed by atoms with Gasteiger partial charge in [0.1, 0.15) is 11.4 Å². The van der Waals surface area contributed by atoms with Crippen LogP contribution in [0.25, 0.3) is 0 Å². The molecule has 0 saturated carbocycles. The first-order valence-electron chi connectivity index (χ1n) is 6.31. The highest BCUT2D eigenvalue weighted by Crippen LogP contribution is 2.17. The number of aryl methyl sites for hydroxylation is 1. The maximum absolute atomic E-state index is 11.7. The number of hydrogen-bond donors (Lipinski definition) is 1. The molecule has 0 bridgehead atoms. The number of nitrogens with zero attached hydrogens (tertiary/aromatic N) is 1. The molecule has 1 N–H and O–H groups in total. The summed E-state index contributed by atoms with van der Waals surface area (Å²) in [5.74, 6) is -0.169. The van der Waals surface area contributed by atoms with E-state index in [9.17, 15) is 9.59 Å². The predicted octanol–water partition coefficient (Wildman–Crippen LogP) is 3.21. The zero-order chi connectivity index (χ0) is 15.3. The second kappa shape index (κ2) is 6.83. The van der Waals surface area contributed by atoms with Crippen molar-refractivity contribution in [3.05, 3.63) is 22.3 Å². The number of hydrogen-bond acceptors (Lipinski definition) is 4. The van der Waals surface area contributed by atoms with Gasteiger partial charge in [-0.2, -0.15) is 0 Å². The van der Waals surface area contributed by atoms with Gasteiger partial charge in [0.15, 0.2) is 0 Å². The summed E-state index contributed by atoms with van der Waals surface area (Å²) in [7, 11) is 0. The molecule has 0 radical (unpaired) electrons. The molecule has 1 heterocycles. The summed E-state index contributed by atoms with van der Waals surface area (Å²) in [5.41, 5.74) is 0.445. The summed E-state index contributed by atoms with van der Waals surface area (Å²) in [4.78, 5) is 27.3. The van der Waals surface area contributed by atoms with Crippen molar-refractivity contribution in [3.63, 3.8) is 0 Å². The number of carbonyl (C=O) groups excluding carboxylic acids is 2. The molecule has 0 aliphatic carbocycles. The summed E-state index contributed by atoms with van der Waals surface area (Å²) in [6.07, 6.45) is 1.75. The van der Waals surface area contributed by atoms with E-state index in [-0.39, 0.29) is 24.7 Å². The van der Waals surface area contributed by atoms with Crippen molar-refractivity contribution in [3.8, 4) is 0 Å². The fourth-order valence-corrected chi connectivity index (χ4v) is 1.64. The largest absolute Gasteiger partial charge is 0.460 e. The molecule has 110 valence electrons. The van der Waals surface area contributed by atoms with Crippen molar-refractivity contribution in [2.45, 2.75) is 46.1 Å². The first-order valence-corrected chi connectivity index (χ1v) is 7.10. The van der Waals surface area contributed by atoms with Gasteiger partial charge in [-0.1, -0.05) is 0 Å². The van der Waals surface area contributed by atoms with Crippen LogP contribution in [0.15, 0.2) is 16.7 Å². The molecule has 0 aromatic carbocycles. The van der Waals surface area contributed by atoms with Crippen LogP contribution in [0.4, 0.5) is 5.82 Å². The summed E-state index contributed by atoms with van der Waals surface area (Å²) in [6, 6.07) is 1.76. The molecule has 1 amide bonds. The van der Waals surface area contributed by atoms with E-state index in [0.717, 1.165) is 10.0 Å². The van der Waals surface area contributed by atoms with Gasteiger partial charge >= 0.3 is 5.97 Å². The van der Waals surface area contributed by atoms with E-state index in [1.54, 1.807) is 33.0 Å². The van der Waals surface area contributed by atoms with Crippen LogP contribution in [0.5, 0.6) is 0 Å². The average Bonchev–Trinajstić information content (AvgIpc) is 2.29. The van der Waals surface area contributed by atoms with Crippen LogP contribution >= 0.6 is 15.9 Å². The third-order valence-corrected chi connectivity index (χ3v) is 3.12. The van der Waals surface area contributed by atoms with Crippen molar-refractivity contribution in [2.75, 3.05) is 5.32 Å². The van der Waals surface area contributed by atoms with Crippen molar-refractivity contribution >= 4 is 33.6 Å². The van der Waals surface area contributed by atoms with Crippen LogP contribution in [-0.2, 0) is 14.3 Å². The normalized spacial score (nSPS) is 11.1. The van der Waals surface area contributed by atoms with E-state index >= 15 is 0 Å². The first-order chi connectivity index (χ1) is 9.17. The molecule has 1 aromatic heterocycles. The quantitative estimate of drug-likeness (QED) is 0.853. The van der Waals surface area contributed by atoms with Gasteiger partial charge in [-0.3, -0.25) is 9.59 Å². The topological polar surface area (TPSA) is 68.3 Å². The molecule has 1 aromatic rings. The Morgan fingerprint density at radius 2 is 2.00 bits per heavy atom. The second-order valence-corrected chi connectivity index (χ2v) is 6.31. The van der Waals surface area contributed by atoms with Gasteiger partial charge in [0.05, 0.1) is 6.42 Å². The van der Waals surface area contributed by atoms with Crippen LogP contribution in [0.1, 0.15) is 39.2 Å². The highest BCUT2D eigenvalue weighted by atomic mass is 79.9. The molecule has 0 aliphatic heterocycles. The third-order valence-electron chi connectivity index (χ3n) is 2.29. The van der Waals surface area contributed by atoms with Crippen molar-refractivity contribution in [1.29, 1.82) is 0 Å². The monoisotopic (exact) mass is 342 g/mol. The lowest BCUT2D eigenvalue weighted by Gasteiger charge is -2.19. The van der Waals surface area contributed by atoms with Gasteiger partial charge in [0.2, 0.25) is 5.91 Å². The average molecular weight is 343 g/mol. The summed E-state index contributed by atoms with van der Waals surface area (Å²) in [5, 5.41) is 2.65. The molecule has 6 heteroatoms. The molecular formula is C14H19BrN2O3. The number of aromatic nitrogens is 1.